The molecule has 2 heterocycles. The highest BCUT2D eigenvalue weighted by Gasteiger charge is 2.31. The van der Waals surface area contributed by atoms with Crippen LogP contribution in [-0.2, 0) is 26.1 Å². The molecule has 1 saturated carbocycles. The smallest absolute Gasteiger partial charge is 0.246 e. The lowest BCUT2D eigenvalue weighted by Crippen LogP contribution is -2.41. The van der Waals surface area contributed by atoms with E-state index in [9.17, 15) is 8.42 Å². The van der Waals surface area contributed by atoms with Gasteiger partial charge in [-0.25, -0.2) is 8.42 Å². The van der Waals surface area contributed by atoms with Crippen LogP contribution in [0, 0.1) is 5.92 Å². The van der Waals surface area contributed by atoms with E-state index < -0.39 is 16.1 Å². The first-order valence-corrected chi connectivity index (χ1v) is 10.3. The number of sulfonamides is 1. The van der Waals surface area contributed by atoms with Crippen molar-refractivity contribution in [3.05, 3.63) is 11.8 Å². The predicted octanol–water partition coefficient (Wildman–Crippen LogP) is 1.50. The van der Waals surface area contributed by atoms with Gasteiger partial charge in [-0.15, -0.1) is 10.2 Å². The third kappa shape index (κ3) is 4.33. The molecule has 136 valence electrons. The van der Waals surface area contributed by atoms with Crippen molar-refractivity contribution in [3.8, 4) is 0 Å². The summed E-state index contributed by atoms with van der Waals surface area (Å²) in [5.41, 5.74) is 0. The van der Waals surface area contributed by atoms with Crippen LogP contribution in [0.15, 0.2) is 4.42 Å². The van der Waals surface area contributed by atoms with Crippen molar-refractivity contribution >= 4 is 10.0 Å². The van der Waals surface area contributed by atoms with E-state index in [-0.39, 0.29) is 19.3 Å². The Balaban J connectivity index is 1.57. The molecular weight excluding hydrogens is 334 g/mol. The molecule has 0 spiro atoms. The van der Waals surface area contributed by atoms with Crippen LogP contribution in [0.25, 0.3) is 0 Å². The van der Waals surface area contributed by atoms with Crippen LogP contribution in [-0.4, -0.2) is 55.0 Å². The van der Waals surface area contributed by atoms with Crippen LogP contribution >= 0.6 is 0 Å². The number of aromatic nitrogens is 2. The summed E-state index contributed by atoms with van der Waals surface area (Å²) in [4.78, 5) is 0. The van der Waals surface area contributed by atoms with Crippen LogP contribution in [0.1, 0.15) is 50.5 Å². The molecule has 1 aromatic rings. The maximum absolute atomic E-state index is 11.7. The van der Waals surface area contributed by atoms with Gasteiger partial charge < -0.3 is 13.9 Å². The van der Waals surface area contributed by atoms with Gasteiger partial charge in [0.2, 0.25) is 21.8 Å². The Hall–Kier alpha value is -1.03. The van der Waals surface area contributed by atoms with E-state index in [1.807, 2.05) is 0 Å². The zero-order chi connectivity index (χ0) is 17.2. The first kappa shape index (κ1) is 17.8. The van der Waals surface area contributed by atoms with Crippen molar-refractivity contribution in [2.45, 2.75) is 51.4 Å². The summed E-state index contributed by atoms with van der Waals surface area (Å²) >= 11 is 0. The average Bonchev–Trinajstić information content (AvgIpc) is 3.02. The molecule has 0 radical (unpaired) electrons. The van der Waals surface area contributed by atoms with Crippen LogP contribution in [0.3, 0.4) is 0 Å². The highest BCUT2D eigenvalue weighted by Crippen LogP contribution is 2.27. The number of nitrogens with zero attached hydrogens (tertiary/aromatic N) is 3. The standard InChI is InChI=1S/C15H25N3O5S/c1-11-5-3-4-6-12(11)22-10-14-16-17-15(23-14)13-9-18(7-8-21-13)24(2,19)20/h11-13H,3-10H2,1-2H3/t11-,12+,13-/m1/s1. The second-order valence-corrected chi connectivity index (χ2v) is 8.61. The Bertz CT molecular complexity index is 647. The van der Waals surface area contributed by atoms with Gasteiger partial charge in [-0.2, -0.15) is 4.31 Å². The van der Waals surface area contributed by atoms with Crippen LogP contribution < -0.4 is 0 Å². The summed E-state index contributed by atoms with van der Waals surface area (Å²) in [5, 5.41) is 7.99. The van der Waals surface area contributed by atoms with Gasteiger partial charge in [-0.05, 0) is 18.8 Å². The summed E-state index contributed by atoms with van der Waals surface area (Å²) in [6.45, 7) is 3.34. The Labute approximate surface area is 142 Å². The van der Waals surface area contributed by atoms with Gasteiger partial charge in [0.15, 0.2) is 0 Å². The number of ether oxygens (including phenoxy) is 2. The Morgan fingerprint density at radius 3 is 2.83 bits per heavy atom. The maximum atomic E-state index is 11.7. The molecule has 3 atom stereocenters. The molecule has 24 heavy (non-hydrogen) atoms. The molecule has 0 aromatic carbocycles. The number of hydrogen-bond acceptors (Lipinski definition) is 7. The van der Waals surface area contributed by atoms with Gasteiger partial charge >= 0.3 is 0 Å². The van der Waals surface area contributed by atoms with Crippen LogP contribution in [0.2, 0.25) is 0 Å². The van der Waals surface area contributed by atoms with E-state index in [0.717, 1.165) is 6.42 Å². The average molecular weight is 359 g/mol. The fraction of sp³-hybridized carbons (Fsp3) is 0.867. The molecule has 1 saturated heterocycles. The van der Waals surface area contributed by atoms with Crippen molar-refractivity contribution < 1.29 is 22.3 Å². The Morgan fingerprint density at radius 2 is 2.08 bits per heavy atom. The Morgan fingerprint density at radius 1 is 1.29 bits per heavy atom. The molecule has 1 aromatic heterocycles. The summed E-state index contributed by atoms with van der Waals surface area (Å²) in [5.74, 6) is 1.26. The molecule has 0 unspecified atom stereocenters. The topological polar surface area (TPSA) is 94.8 Å². The first-order chi connectivity index (χ1) is 11.4. The second-order valence-electron chi connectivity index (χ2n) is 6.63. The minimum Gasteiger partial charge on any atom is -0.420 e. The van der Waals surface area contributed by atoms with E-state index >= 15 is 0 Å². The number of rotatable bonds is 5. The molecule has 9 heteroatoms. The minimum atomic E-state index is -3.25. The van der Waals surface area contributed by atoms with E-state index in [2.05, 4.69) is 17.1 Å². The summed E-state index contributed by atoms with van der Waals surface area (Å²) in [6.07, 6.45) is 5.62. The zero-order valence-electron chi connectivity index (χ0n) is 14.2. The maximum Gasteiger partial charge on any atom is 0.246 e. The lowest BCUT2D eigenvalue weighted by Gasteiger charge is -2.29. The predicted molar refractivity (Wildman–Crippen MR) is 85.6 cm³/mol. The molecule has 0 amide bonds. The van der Waals surface area contributed by atoms with E-state index in [1.165, 1.54) is 29.8 Å². The van der Waals surface area contributed by atoms with Gasteiger partial charge in [0.25, 0.3) is 0 Å². The molecule has 1 aliphatic carbocycles. The molecule has 0 N–H and O–H groups in total. The monoisotopic (exact) mass is 359 g/mol. The number of morpholine rings is 1. The number of hydrogen-bond donors (Lipinski definition) is 0. The molecule has 2 fully saturated rings. The van der Waals surface area contributed by atoms with Crippen molar-refractivity contribution in [2.75, 3.05) is 26.0 Å². The second kappa shape index (κ2) is 7.47. The van der Waals surface area contributed by atoms with Crippen molar-refractivity contribution in [1.29, 1.82) is 0 Å². The molecule has 8 nitrogen and oxygen atoms in total. The van der Waals surface area contributed by atoms with E-state index in [1.54, 1.807) is 0 Å². The highest BCUT2D eigenvalue weighted by molar-refractivity contribution is 7.88. The quantitative estimate of drug-likeness (QED) is 0.786. The molecular formula is C15H25N3O5S. The highest BCUT2D eigenvalue weighted by atomic mass is 32.2. The zero-order valence-corrected chi connectivity index (χ0v) is 15.0. The van der Waals surface area contributed by atoms with Crippen LogP contribution in [0.4, 0.5) is 0 Å². The van der Waals surface area contributed by atoms with Gasteiger partial charge in [0, 0.05) is 13.1 Å². The van der Waals surface area contributed by atoms with Gasteiger partial charge in [-0.1, -0.05) is 19.8 Å². The van der Waals surface area contributed by atoms with Gasteiger partial charge in [0.05, 0.1) is 19.0 Å². The fourth-order valence-electron chi connectivity index (χ4n) is 3.24. The van der Waals surface area contributed by atoms with Gasteiger partial charge in [0.1, 0.15) is 12.7 Å². The molecule has 2 aliphatic rings. The lowest BCUT2D eigenvalue weighted by atomic mass is 9.88. The fourth-order valence-corrected chi connectivity index (χ4v) is 4.05. The van der Waals surface area contributed by atoms with Crippen molar-refractivity contribution in [2.24, 2.45) is 5.92 Å². The SMILES string of the molecule is C[C@@H]1CCCC[C@@H]1OCc1nnc([C@H]2CN(S(C)(=O)=O)CCO2)o1. The summed E-state index contributed by atoms with van der Waals surface area (Å²) in [6, 6.07) is 0. The molecule has 1 aliphatic heterocycles. The minimum absolute atomic E-state index is 0.195. The molecule has 0 bridgehead atoms. The third-order valence-electron chi connectivity index (χ3n) is 4.71. The van der Waals surface area contributed by atoms with Crippen molar-refractivity contribution in [3.63, 3.8) is 0 Å². The Kier molecular flexibility index (Phi) is 5.53. The molecule has 3 rings (SSSR count). The van der Waals surface area contributed by atoms with E-state index in [4.69, 9.17) is 13.9 Å². The summed E-state index contributed by atoms with van der Waals surface area (Å²) < 4.78 is 41.8. The lowest BCUT2D eigenvalue weighted by molar-refractivity contribution is -0.0311. The van der Waals surface area contributed by atoms with E-state index in [0.29, 0.717) is 30.9 Å². The summed E-state index contributed by atoms with van der Waals surface area (Å²) in [7, 11) is -3.25. The third-order valence-corrected chi connectivity index (χ3v) is 5.98. The van der Waals surface area contributed by atoms with Crippen molar-refractivity contribution in [1.82, 2.24) is 14.5 Å². The van der Waals surface area contributed by atoms with Gasteiger partial charge in [-0.3, -0.25) is 0 Å². The van der Waals surface area contributed by atoms with Crippen LogP contribution in [0.5, 0.6) is 0 Å². The first-order valence-electron chi connectivity index (χ1n) is 8.44. The normalized spacial score (nSPS) is 29.7. The largest absolute Gasteiger partial charge is 0.420 e.